The van der Waals surface area contributed by atoms with Crippen LogP contribution >= 0.6 is 0 Å². The van der Waals surface area contributed by atoms with Gasteiger partial charge in [0.2, 0.25) is 5.91 Å². The first-order valence-corrected chi connectivity index (χ1v) is 11.8. The molecule has 1 aliphatic rings. The molecule has 184 valence electrons. The lowest BCUT2D eigenvalue weighted by Gasteiger charge is -2.25. The van der Waals surface area contributed by atoms with Crippen LogP contribution < -0.4 is 4.74 Å². The van der Waals surface area contributed by atoms with Crippen molar-refractivity contribution in [3.63, 3.8) is 0 Å². The van der Waals surface area contributed by atoms with Crippen LogP contribution in [0.1, 0.15) is 27.3 Å². The molecular weight excluding hydrogens is 444 g/mol. The zero-order valence-electron chi connectivity index (χ0n) is 20.5. The van der Waals surface area contributed by atoms with Gasteiger partial charge in [0.25, 0.3) is 5.91 Å². The summed E-state index contributed by atoms with van der Waals surface area (Å²) >= 11 is 0. The van der Waals surface area contributed by atoms with Crippen LogP contribution in [0.5, 0.6) is 5.75 Å². The van der Waals surface area contributed by atoms with Crippen LogP contribution in [0.2, 0.25) is 0 Å². The van der Waals surface area contributed by atoms with E-state index in [4.69, 9.17) is 9.47 Å². The molecule has 0 N–H and O–H groups in total. The van der Waals surface area contributed by atoms with Crippen LogP contribution in [0.3, 0.4) is 0 Å². The summed E-state index contributed by atoms with van der Waals surface area (Å²) in [5, 5.41) is 4.29. The Bertz CT molecular complexity index is 1160. The van der Waals surface area contributed by atoms with Crippen molar-refractivity contribution in [2.45, 2.75) is 26.1 Å². The minimum absolute atomic E-state index is 0.0108. The van der Waals surface area contributed by atoms with E-state index in [0.29, 0.717) is 31.9 Å². The monoisotopic (exact) mass is 476 g/mol. The first-order valence-electron chi connectivity index (χ1n) is 11.8. The number of carbonyl (C=O) groups is 2. The fourth-order valence-corrected chi connectivity index (χ4v) is 4.31. The predicted octanol–water partition coefficient (Wildman–Crippen LogP) is 2.85. The molecular formula is C27H32N4O4. The molecule has 1 saturated heterocycles. The number of aryl methyl sites for hydroxylation is 2. The van der Waals surface area contributed by atoms with Gasteiger partial charge in [-0.3, -0.25) is 14.3 Å². The van der Waals surface area contributed by atoms with Gasteiger partial charge < -0.3 is 19.3 Å². The number of methoxy groups -OCH3 is 1. The van der Waals surface area contributed by atoms with Gasteiger partial charge in [-0.05, 0) is 42.7 Å². The summed E-state index contributed by atoms with van der Waals surface area (Å²) in [4.78, 5) is 29.9. The van der Waals surface area contributed by atoms with Gasteiger partial charge in [0.1, 0.15) is 18.0 Å². The molecule has 1 aromatic heterocycles. The smallest absolute Gasteiger partial charge is 0.272 e. The molecule has 2 amide bonds. The zero-order valence-corrected chi connectivity index (χ0v) is 20.5. The third-order valence-corrected chi connectivity index (χ3v) is 6.17. The third kappa shape index (κ3) is 6.27. The summed E-state index contributed by atoms with van der Waals surface area (Å²) < 4.78 is 13.1. The number of aromatic nitrogens is 2. The third-order valence-electron chi connectivity index (χ3n) is 6.17. The van der Waals surface area contributed by atoms with E-state index in [1.165, 1.54) is 0 Å². The van der Waals surface area contributed by atoms with Crippen LogP contribution in [0, 0.1) is 6.92 Å². The summed E-state index contributed by atoms with van der Waals surface area (Å²) in [6.45, 7) is 3.52. The molecule has 0 radical (unpaired) electrons. The van der Waals surface area contributed by atoms with Gasteiger partial charge in [-0.15, -0.1) is 0 Å². The van der Waals surface area contributed by atoms with Crippen LogP contribution in [0.4, 0.5) is 0 Å². The number of nitrogens with zero attached hydrogens (tertiary/aromatic N) is 4. The van der Waals surface area contributed by atoms with Crippen molar-refractivity contribution in [1.29, 1.82) is 0 Å². The van der Waals surface area contributed by atoms with E-state index in [0.717, 1.165) is 29.0 Å². The summed E-state index contributed by atoms with van der Waals surface area (Å²) in [7, 11) is 3.37. The first kappa shape index (κ1) is 24.5. The summed E-state index contributed by atoms with van der Waals surface area (Å²) in [5.41, 5.74) is 3.35. The maximum absolute atomic E-state index is 13.3. The number of amides is 2. The SMILES string of the molecule is COc1cccc(COC2CN(CCc3ccccc3)C(=O)CN(C(=O)c3cc(C)nn3C)C2)c1. The highest BCUT2D eigenvalue weighted by Crippen LogP contribution is 2.17. The van der Waals surface area contributed by atoms with E-state index in [-0.39, 0.29) is 24.5 Å². The highest BCUT2D eigenvalue weighted by atomic mass is 16.5. The molecule has 1 atom stereocenters. The van der Waals surface area contributed by atoms with E-state index in [1.54, 1.807) is 29.8 Å². The number of hydrogen-bond donors (Lipinski definition) is 0. The molecule has 2 aromatic carbocycles. The van der Waals surface area contributed by atoms with Crippen LogP contribution in [-0.2, 0) is 29.6 Å². The predicted molar refractivity (Wildman–Crippen MR) is 132 cm³/mol. The zero-order chi connectivity index (χ0) is 24.8. The number of rotatable bonds is 8. The van der Waals surface area contributed by atoms with E-state index in [1.807, 2.05) is 54.3 Å². The summed E-state index contributed by atoms with van der Waals surface area (Å²) in [5.74, 6) is 0.456. The van der Waals surface area contributed by atoms with E-state index >= 15 is 0 Å². The summed E-state index contributed by atoms with van der Waals surface area (Å²) in [6, 6.07) is 19.5. The molecule has 1 unspecified atom stereocenters. The number of benzene rings is 2. The van der Waals surface area contributed by atoms with Gasteiger partial charge in [0, 0.05) is 26.7 Å². The van der Waals surface area contributed by atoms with Crippen molar-refractivity contribution in [3.05, 3.63) is 83.2 Å². The van der Waals surface area contributed by atoms with Crippen molar-refractivity contribution in [3.8, 4) is 5.75 Å². The summed E-state index contributed by atoms with van der Waals surface area (Å²) in [6.07, 6.45) is 0.408. The van der Waals surface area contributed by atoms with Gasteiger partial charge in [-0.1, -0.05) is 42.5 Å². The number of carbonyl (C=O) groups excluding carboxylic acids is 2. The fourth-order valence-electron chi connectivity index (χ4n) is 4.31. The molecule has 2 heterocycles. The van der Waals surface area contributed by atoms with Gasteiger partial charge >= 0.3 is 0 Å². The van der Waals surface area contributed by atoms with Gasteiger partial charge in [0.15, 0.2) is 0 Å². The van der Waals surface area contributed by atoms with Crippen molar-refractivity contribution >= 4 is 11.8 Å². The minimum atomic E-state index is -0.332. The topological polar surface area (TPSA) is 76.9 Å². The van der Waals surface area contributed by atoms with Gasteiger partial charge in [-0.2, -0.15) is 5.10 Å². The first-order chi connectivity index (χ1) is 16.9. The molecule has 0 bridgehead atoms. The van der Waals surface area contributed by atoms with Crippen LogP contribution in [0.15, 0.2) is 60.7 Å². The Balaban J connectivity index is 1.51. The second-order valence-electron chi connectivity index (χ2n) is 8.84. The van der Waals surface area contributed by atoms with E-state index < -0.39 is 0 Å². The fraction of sp³-hybridized carbons (Fsp3) is 0.370. The highest BCUT2D eigenvalue weighted by Gasteiger charge is 2.32. The molecule has 8 nitrogen and oxygen atoms in total. The molecule has 0 aliphatic carbocycles. The molecule has 3 aromatic rings. The van der Waals surface area contributed by atoms with Crippen LogP contribution in [-0.4, -0.2) is 70.8 Å². The Morgan fingerprint density at radius 3 is 2.54 bits per heavy atom. The van der Waals surface area contributed by atoms with Crippen molar-refractivity contribution in [2.75, 3.05) is 33.3 Å². The average Bonchev–Trinajstić information content (AvgIpc) is 3.12. The highest BCUT2D eigenvalue weighted by molar-refractivity contribution is 5.95. The molecule has 8 heteroatoms. The Morgan fingerprint density at radius 2 is 1.83 bits per heavy atom. The molecule has 1 fully saturated rings. The van der Waals surface area contributed by atoms with Crippen LogP contribution in [0.25, 0.3) is 0 Å². The van der Waals surface area contributed by atoms with Gasteiger partial charge in [-0.25, -0.2) is 0 Å². The van der Waals surface area contributed by atoms with E-state index in [9.17, 15) is 9.59 Å². The maximum atomic E-state index is 13.3. The molecule has 0 spiro atoms. The Hall–Kier alpha value is -3.65. The van der Waals surface area contributed by atoms with Crippen molar-refractivity contribution in [1.82, 2.24) is 19.6 Å². The molecule has 0 saturated carbocycles. The minimum Gasteiger partial charge on any atom is -0.497 e. The molecule has 35 heavy (non-hydrogen) atoms. The standard InChI is InChI=1S/C27H32N4O4/c1-20-14-25(29(2)28-20)27(33)31-17-24(35-19-22-10-7-11-23(15-22)34-3)16-30(26(32)18-31)13-12-21-8-5-4-6-9-21/h4-11,14-15,24H,12-13,16-19H2,1-3H3. The average molecular weight is 477 g/mol. The van der Waals surface area contributed by atoms with Crippen molar-refractivity contribution in [2.24, 2.45) is 7.05 Å². The second kappa shape index (κ2) is 11.2. The van der Waals surface area contributed by atoms with Crippen molar-refractivity contribution < 1.29 is 19.1 Å². The Morgan fingerprint density at radius 1 is 1.06 bits per heavy atom. The van der Waals surface area contributed by atoms with Gasteiger partial charge in [0.05, 0.1) is 25.5 Å². The quantitative estimate of drug-likeness (QED) is 0.500. The lowest BCUT2D eigenvalue weighted by atomic mass is 10.1. The molecule has 4 rings (SSSR count). The Kier molecular flexibility index (Phi) is 7.82. The Labute approximate surface area is 206 Å². The largest absolute Gasteiger partial charge is 0.497 e. The normalized spacial score (nSPS) is 16.3. The van der Waals surface area contributed by atoms with E-state index in [2.05, 4.69) is 17.2 Å². The lowest BCUT2D eigenvalue weighted by molar-refractivity contribution is -0.131. The second-order valence-corrected chi connectivity index (χ2v) is 8.84. The lowest BCUT2D eigenvalue weighted by Crippen LogP contribution is -2.40. The number of ether oxygens (including phenoxy) is 2. The maximum Gasteiger partial charge on any atom is 0.272 e. The molecule has 1 aliphatic heterocycles. The number of hydrogen-bond acceptors (Lipinski definition) is 5.